The molecule has 0 radical (unpaired) electrons. The minimum Gasteiger partial charge on any atom is -0.377 e. The molecule has 1 aromatic carbocycles. The molecule has 2 saturated heterocycles. The van der Waals surface area contributed by atoms with Crippen LogP contribution in [0.3, 0.4) is 0 Å². The number of sulfone groups is 1. The van der Waals surface area contributed by atoms with Crippen LogP contribution in [0.2, 0.25) is 0 Å². The molecule has 0 bridgehead atoms. The van der Waals surface area contributed by atoms with E-state index in [4.69, 9.17) is 14.7 Å². The number of pyridine rings is 1. The number of benzene rings is 1. The number of nitrogens with zero attached hydrogens (tertiary/aromatic N) is 5. The Morgan fingerprint density at radius 1 is 1.08 bits per heavy atom. The average Bonchev–Trinajstić information content (AvgIpc) is 3.52. The summed E-state index contributed by atoms with van der Waals surface area (Å²) in [4.78, 5) is 16.3. The zero-order valence-electron chi connectivity index (χ0n) is 21.7. The molecule has 2 aliphatic rings. The van der Waals surface area contributed by atoms with Gasteiger partial charge in [0.2, 0.25) is 0 Å². The quantitative estimate of drug-likeness (QED) is 0.356. The lowest BCUT2D eigenvalue weighted by Crippen LogP contribution is -2.44. The number of morpholine rings is 1. The predicted octanol–water partition coefficient (Wildman–Crippen LogP) is 3.51. The van der Waals surface area contributed by atoms with Crippen molar-refractivity contribution in [1.82, 2.24) is 18.9 Å². The van der Waals surface area contributed by atoms with Gasteiger partial charge in [0.05, 0.1) is 35.6 Å². The summed E-state index contributed by atoms with van der Waals surface area (Å²) in [5, 5.41) is -0.140. The number of anilines is 1. The molecule has 2 aliphatic heterocycles. The molecule has 4 aromatic rings. The van der Waals surface area contributed by atoms with Gasteiger partial charge in [0, 0.05) is 36.0 Å². The second-order valence-corrected chi connectivity index (χ2v) is 14.2. The number of aryl methyl sites for hydroxylation is 1. The molecular weight excluding hydrogens is 538 g/mol. The third-order valence-corrected chi connectivity index (χ3v) is 11.3. The van der Waals surface area contributed by atoms with Crippen molar-refractivity contribution in [1.29, 1.82) is 0 Å². The lowest BCUT2D eigenvalue weighted by atomic mass is 10.1. The Hall–Kier alpha value is -3.35. The summed E-state index contributed by atoms with van der Waals surface area (Å²) in [7, 11) is -7.22. The SMILES string of the molecule is Cc1ccc(S(=O)(=O)n2ccc3c(-c4nc(C5CCCS5(=O)=O)cc(N5CCOC[C@H]5C)n4)ccnc32)cc1. The molecule has 12 heteroatoms. The van der Waals surface area contributed by atoms with Crippen molar-refractivity contribution in [2.75, 3.05) is 30.4 Å². The van der Waals surface area contributed by atoms with Crippen LogP contribution in [-0.4, -0.2) is 67.3 Å². The van der Waals surface area contributed by atoms with Crippen molar-refractivity contribution < 1.29 is 21.6 Å². The molecule has 2 fully saturated rings. The van der Waals surface area contributed by atoms with Gasteiger partial charge in [-0.05, 0) is 51.0 Å². The molecule has 0 amide bonds. The van der Waals surface area contributed by atoms with Crippen LogP contribution in [0.15, 0.2) is 59.8 Å². The van der Waals surface area contributed by atoms with Gasteiger partial charge < -0.3 is 9.64 Å². The number of hydrogen-bond donors (Lipinski definition) is 0. The van der Waals surface area contributed by atoms with Crippen LogP contribution in [0.1, 0.15) is 36.3 Å². The Morgan fingerprint density at radius 3 is 2.59 bits per heavy atom. The molecule has 204 valence electrons. The summed E-state index contributed by atoms with van der Waals surface area (Å²) in [5.41, 5.74) is 2.25. The smallest absolute Gasteiger partial charge is 0.269 e. The fraction of sp³-hybridized carbons (Fsp3) is 0.370. The van der Waals surface area contributed by atoms with Crippen LogP contribution >= 0.6 is 0 Å². The lowest BCUT2D eigenvalue weighted by molar-refractivity contribution is 0.0985. The zero-order chi connectivity index (χ0) is 27.4. The Balaban J connectivity index is 1.51. The normalized spacial score (nSPS) is 21.4. The summed E-state index contributed by atoms with van der Waals surface area (Å²) in [5.74, 6) is 1.10. The third kappa shape index (κ3) is 4.60. The van der Waals surface area contributed by atoms with Crippen molar-refractivity contribution in [3.05, 3.63) is 66.1 Å². The van der Waals surface area contributed by atoms with Crippen molar-refractivity contribution in [2.24, 2.45) is 0 Å². The van der Waals surface area contributed by atoms with Gasteiger partial charge in [0.1, 0.15) is 11.1 Å². The summed E-state index contributed by atoms with van der Waals surface area (Å²) >= 11 is 0. The number of ether oxygens (including phenoxy) is 1. The largest absolute Gasteiger partial charge is 0.377 e. The van der Waals surface area contributed by atoms with Crippen LogP contribution in [0.4, 0.5) is 5.82 Å². The van der Waals surface area contributed by atoms with Gasteiger partial charge in [-0.1, -0.05) is 17.7 Å². The molecule has 2 atom stereocenters. The maximum Gasteiger partial charge on any atom is 0.269 e. The number of fused-ring (bicyclic) bond motifs is 1. The van der Waals surface area contributed by atoms with Crippen molar-refractivity contribution in [3.8, 4) is 11.4 Å². The standard InChI is InChI=1S/C27H29N5O5S2/c1-18-5-7-20(8-6-18)39(35,36)32-12-10-22-21(9-11-28-27(22)32)26-29-23(24-4-3-15-38(24,33)34)16-25(30-26)31-13-14-37-17-19(31)2/h5-12,16,19,24H,3-4,13-15,17H2,1-2H3/t19-,24?/m1/s1. The second kappa shape index (κ2) is 9.68. The van der Waals surface area contributed by atoms with E-state index < -0.39 is 25.1 Å². The highest BCUT2D eigenvalue weighted by Gasteiger charge is 2.35. The highest BCUT2D eigenvalue weighted by atomic mass is 32.2. The van der Waals surface area contributed by atoms with E-state index in [1.807, 2.05) is 13.8 Å². The molecular formula is C27H29N5O5S2. The number of aromatic nitrogens is 4. The third-order valence-electron chi connectivity index (χ3n) is 7.43. The van der Waals surface area contributed by atoms with E-state index in [-0.39, 0.29) is 22.3 Å². The van der Waals surface area contributed by atoms with Crippen molar-refractivity contribution in [2.45, 2.75) is 42.9 Å². The highest BCUT2D eigenvalue weighted by molar-refractivity contribution is 7.91. The van der Waals surface area contributed by atoms with Gasteiger partial charge >= 0.3 is 0 Å². The van der Waals surface area contributed by atoms with E-state index in [2.05, 4.69) is 9.88 Å². The van der Waals surface area contributed by atoms with Gasteiger partial charge in [-0.3, -0.25) is 0 Å². The first-order valence-electron chi connectivity index (χ1n) is 12.9. The Kier molecular flexibility index (Phi) is 6.43. The molecule has 5 heterocycles. The van der Waals surface area contributed by atoms with Gasteiger partial charge in [0.25, 0.3) is 10.0 Å². The van der Waals surface area contributed by atoms with Crippen LogP contribution < -0.4 is 4.90 Å². The van der Waals surface area contributed by atoms with E-state index in [1.54, 1.807) is 42.5 Å². The zero-order valence-corrected chi connectivity index (χ0v) is 23.3. The molecule has 0 saturated carbocycles. The van der Waals surface area contributed by atoms with Gasteiger partial charge in [-0.2, -0.15) is 0 Å². The molecule has 10 nitrogen and oxygen atoms in total. The second-order valence-electron chi connectivity index (χ2n) is 10.1. The van der Waals surface area contributed by atoms with E-state index >= 15 is 0 Å². The summed E-state index contributed by atoms with van der Waals surface area (Å²) in [6, 6.07) is 11.9. The lowest BCUT2D eigenvalue weighted by Gasteiger charge is -2.34. The predicted molar refractivity (Wildman–Crippen MR) is 148 cm³/mol. The average molecular weight is 568 g/mol. The Morgan fingerprint density at radius 2 is 1.87 bits per heavy atom. The molecule has 6 rings (SSSR count). The summed E-state index contributed by atoms with van der Waals surface area (Å²) in [6.45, 7) is 5.63. The van der Waals surface area contributed by atoms with E-state index in [0.717, 1.165) is 9.54 Å². The van der Waals surface area contributed by atoms with E-state index in [0.29, 0.717) is 60.9 Å². The van der Waals surface area contributed by atoms with Crippen LogP contribution in [0, 0.1) is 6.92 Å². The van der Waals surface area contributed by atoms with Gasteiger partial charge in [-0.15, -0.1) is 0 Å². The summed E-state index contributed by atoms with van der Waals surface area (Å²) < 4.78 is 59.4. The van der Waals surface area contributed by atoms with Gasteiger partial charge in [0.15, 0.2) is 21.3 Å². The fourth-order valence-electron chi connectivity index (χ4n) is 5.30. The molecule has 0 N–H and O–H groups in total. The first kappa shape index (κ1) is 25.9. The van der Waals surface area contributed by atoms with Crippen molar-refractivity contribution >= 4 is 36.7 Å². The van der Waals surface area contributed by atoms with Crippen LogP contribution in [0.25, 0.3) is 22.4 Å². The molecule has 3 aromatic heterocycles. The number of rotatable bonds is 5. The highest BCUT2D eigenvalue weighted by Crippen LogP contribution is 2.37. The maximum absolute atomic E-state index is 13.5. The molecule has 0 spiro atoms. The van der Waals surface area contributed by atoms with Crippen LogP contribution in [0.5, 0.6) is 0 Å². The summed E-state index contributed by atoms with van der Waals surface area (Å²) in [6.07, 6.45) is 4.10. The first-order chi connectivity index (χ1) is 18.6. The molecule has 1 unspecified atom stereocenters. The van der Waals surface area contributed by atoms with Gasteiger partial charge in [-0.25, -0.2) is 35.8 Å². The first-order valence-corrected chi connectivity index (χ1v) is 16.0. The van der Waals surface area contributed by atoms with E-state index in [9.17, 15) is 16.8 Å². The molecule has 39 heavy (non-hydrogen) atoms. The minimum atomic E-state index is -3.90. The Labute approximate surface area is 227 Å². The van der Waals surface area contributed by atoms with Crippen LogP contribution in [-0.2, 0) is 24.6 Å². The van der Waals surface area contributed by atoms with Crippen molar-refractivity contribution in [3.63, 3.8) is 0 Å². The maximum atomic E-state index is 13.5. The monoisotopic (exact) mass is 567 g/mol. The fourth-order valence-corrected chi connectivity index (χ4v) is 8.47. The number of hydrogen-bond acceptors (Lipinski definition) is 9. The minimum absolute atomic E-state index is 0.0488. The Bertz CT molecular complexity index is 1770. The topological polar surface area (TPSA) is 124 Å². The molecule has 0 aliphatic carbocycles. The van der Waals surface area contributed by atoms with E-state index in [1.165, 1.54) is 12.4 Å².